The maximum Gasteiger partial charge on any atom is 0.424 e. The zero-order valence-electron chi connectivity index (χ0n) is 47.9. The molecule has 2 heterocycles. The number of benzene rings is 4. The van der Waals surface area contributed by atoms with E-state index < -0.39 is 71.0 Å². The van der Waals surface area contributed by atoms with Crippen molar-refractivity contribution in [1.29, 1.82) is 0 Å². The largest absolute Gasteiger partial charge is 0.508 e. The Bertz CT molecular complexity index is 2650. The predicted molar refractivity (Wildman–Crippen MR) is 306 cm³/mol. The number of rotatable bonds is 24. The highest BCUT2D eigenvalue weighted by molar-refractivity contribution is 9.09. The fraction of sp³-hybridized carbons (Fsp3) is 0.467. The van der Waals surface area contributed by atoms with Gasteiger partial charge in [0.15, 0.2) is 0 Å². The van der Waals surface area contributed by atoms with Crippen LogP contribution in [0.25, 0.3) is 0 Å². The highest BCUT2D eigenvalue weighted by atomic mass is 79.9. The number of likely N-dealkylation sites (tertiary alicyclic amines) is 2. The minimum Gasteiger partial charge on any atom is -0.508 e. The normalized spacial score (nSPS) is 15.2. The quantitative estimate of drug-likeness (QED) is 0.0255. The Kier molecular flexibility index (Phi) is 29.7. The van der Waals surface area contributed by atoms with Crippen LogP contribution in [0.3, 0.4) is 0 Å². The molecule has 2 unspecified atom stereocenters. The number of nitrogens with one attached hydrogen (secondary N) is 2. The van der Waals surface area contributed by atoms with Crippen LogP contribution in [0.5, 0.6) is 11.5 Å². The second kappa shape index (κ2) is 36.2. The van der Waals surface area contributed by atoms with Crippen molar-refractivity contribution < 1.29 is 86.1 Å². The van der Waals surface area contributed by atoms with Gasteiger partial charge in [0, 0.05) is 31.3 Å². The summed E-state index contributed by atoms with van der Waals surface area (Å²) in [5, 5.41) is 15.4. The molecular weight excluding hydrogens is 1140 g/mol. The van der Waals surface area contributed by atoms with E-state index in [1.54, 1.807) is 77.9 Å². The summed E-state index contributed by atoms with van der Waals surface area (Å²) < 4.78 is 47.6. The molecule has 6 rings (SSSR count). The van der Waals surface area contributed by atoms with Gasteiger partial charge in [0.25, 0.3) is 0 Å². The van der Waals surface area contributed by atoms with E-state index >= 15 is 0 Å². The molecule has 2 aliphatic heterocycles. The number of hydrogen-bond acceptors (Lipinski definition) is 18. The number of alkyl halides is 1. The summed E-state index contributed by atoms with van der Waals surface area (Å²) in [6.45, 7) is 15.2. The Morgan fingerprint density at radius 1 is 0.518 bits per heavy atom. The fourth-order valence-corrected chi connectivity index (χ4v) is 7.83. The fourth-order valence-electron chi connectivity index (χ4n) is 7.60. The lowest BCUT2D eigenvalue weighted by atomic mass is 9.89. The molecule has 0 aromatic heterocycles. The molecule has 83 heavy (non-hydrogen) atoms. The molecule has 3 N–H and O–H groups in total. The van der Waals surface area contributed by atoms with E-state index in [-0.39, 0.29) is 31.8 Å². The van der Waals surface area contributed by atoms with Crippen LogP contribution in [-0.4, -0.2) is 152 Å². The van der Waals surface area contributed by atoms with Gasteiger partial charge in [-0.3, -0.25) is 19.2 Å². The van der Waals surface area contributed by atoms with Gasteiger partial charge in [0.05, 0.1) is 64.7 Å². The van der Waals surface area contributed by atoms with Crippen LogP contribution in [0.4, 0.5) is 19.2 Å². The Hall–Kier alpha value is -7.44. The first-order chi connectivity index (χ1) is 39.6. The molecule has 2 aliphatic rings. The van der Waals surface area contributed by atoms with Gasteiger partial charge in [0.2, 0.25) is 23.6 Å². The summed E-state index contributed by atoms with van der Waals surface area (Å²) in [5.74, 6) is -2.79. The van der Waals surface area contributed by atoms with Crippen LogP contribution < -0.4 is 15.4 Å². The van der Waals surface area contributed by atoms with Crippen molar-refractivity contribution >= 4 is 63.9 Å². The summed E-state index contributed by atoms with van der Waals surface area (Å²) in [5.41, 5.74) is 1.61. The Labute approximate surface area is 492 Å². The molecule has 0 saturated carbocycles. The van der Waals surface area contributed by atoms with Crippen molar-refractivity contribution in [3.63, 3.8) is 0 Å². The standard InChI is InChI=1S/C30H38N2O9.C16H19NO5.C14H20BrNO4/c1-30(2,3)41-29(36)32-26(33)14-13-25(27(32)34)23-9-11-24(12-10-23)39-20-19-38-18-17-37-16-15-31-28(35)40-21-22-7-5-4-6-8-22;1-16(2,3)22-15(21)17-13(19)9-8-12(14(17)20)10-4-6-11(18)7-5-10;15-6-8-18-10-11-19-9-7-16-14(17)20-12-13-4-2-1-3-5-13/h4-12,25H,13-21H2,1-3H3,(H,31,35);4-7,12,18H,8-9H2,1-3H3;1-5H,6-12H2,(H,16,17). The van der Waals surface area contributed by atoms with E-state index in [0.717, 1.165) is 16.5 Å². The number of imide groups is 6. The molecule has 2 saturated heterocycles. The molecule has 0 bridgehead atoms. The van der Waals surface area contributed by atoms with Gasteiger partial charge < -0.3 is 58.4 Å². The lowest BCUT2D eigenvalue weighted by molar-refractivity contribution is -0.149. The number of halogens is 1. The molecule has 2 atom stereocenters. The number of hydrogen-bond donors (Lipinski definition) is 3. The third-order valence-electron chi connectivity index (χ3n) is 11.5. The highest BCUT2D eigenvalue weighted by Gasteiger charge is 2.42. The summed E-state index contributed by atoms with van der Waals surface area (Å²) in [6, 6.07) is 32.1. The first-order valence-corrected chi connectivity index (χ1v) is 28.2. The first-order valence-electron chi connectivity index (χ1n) is 27.1. The van der Waals surface area contributed by atoms with Crippen molar-refractivity contribution in [1.82, 2.24) is 20.4 Å². The molecule has 22 nitrogen and oxygen atoms in total. The molecule has 0 aliphatic carbocycles. The molecule has 4 aromatic carbocycles. The first kappa shape index (κ1) is 68.1. The van der Waals surface area contributed by atoms with Crippen LogP contribution >= 0.6 is 15.9 Å². The Morgan fingerprint density at radius 3 is 1.29 bits per heavy atom. The molecule has 0 spiro atoms. The molecule has 8 amide bonds. The number of amides is 8. The monoisotopic (exact) mass is 1220 g/mol. The number of carbonyl (C=O) groups is 8. The second-order valence-electron chi connectivity index (χ2n) is 20.4. The highest BCUT2D eigenvalue weighted by Crippen LogP contribution is 2.32. The lowest BCUT2D eigenvalue weighted by Gasteiger charge is -2.31. The number of phenols is 1. The van der Waals surface area contributed by atoms with Crippen molar-refractivity contribution in [2.45, 2.75) is 103 Å². The van der Waals surface area contributed by atoms with Gasteiger partial charge in [0.1, 0.15) is 42.5 Å². The average molecular weight is 1220 g/mol. The molecule has 0 radical (unpaired) electrons. The summed E-state index contributed by atoms with van der Waals surface area (Å²) >= 11 is 3.26. The smallest absolute Gasteiger partial charge is 0.424 e. The maximum absolute atomic E-state index is 12.9. The maximum atomic E-state index is 12.9. The number of carbonyl (C=O) groups excluding carboxylic acids is 8. The van der Waals surface area contributed by atoms with Crippen molar-refractivity contribution in [3.8, 4) is 11.5 Å². The number of ether oxygens (including phenoxy) is 9. The minimum atomic E-state index is -0.946. The number of piperidine rings is 2. The van der Waals surface area contributed by atoms with Gasteiger partial charge >= 0.3 is 24.4 Å². The number of phenolic OH excluding ortho intramolecular Hbond substituents is 1. The number of nitrogens with zero attached hydrogens (tertiary/aromatic N) is 2. The van der Waals surface area contributed by atoms with E-state index in [1.165, 1.54) is 12.1 Å². The van der Waals surface area contributed by atoms with Gasteiger partial charge in [-0.25, -0.2) is 19.2 Å². The number of aromatic hydroxyl groups is 1. The van der Waals surface area contributed by atoms with Crippen molar-refractivity contribution in [2.24, 2.45) is 0 Å². The van der Waals surface area contributed by atoms with E-state index in [1.807, 2.05) is 60.7 Å². The summed E-state index contributed by atoms with van der Waals surface area (Å²) in [6.07, 6.45) is -1.99. The second-order valence-corrected chi connectivity index (χ2v) is 21.2. The minimum absolute atomic E-state index is 0.0762. The lowest BCUT2D eigenvalue weighted by Crippen LogP contribution is -2.49. The molecular formula is C60H77BrN4O18. The van der Waals surface area contributed by atoms with Crippen LogP contribution in [-0.2, 0) is 70.3 Å². The zero-order chi connectivity index (χ0) is 60.6. The SMILES string of the molecule is CC(C)(C)OC(=O)N1C(=O)CCC(c2ccc(O)cc2)C1=O.CC(C)(C)OC(=O)N1C(=O)CCC(c2ccc(OCCOCCOCCNC(=O)OCc3ccccc3)cc2)C1=O.O=C(NCCOCCOCCBr)OCc1ccccc1. The summed E-state index contributed by atoms with van der Waals surface area (Å²) in [7, 11) is 0. The predicted octanol–water partition coefficient (Wildman–Crippen LogP) is 9.09. The Morgan fingerprint density at radius 2 is 0.892 bits per heavy atom. The zero-order valence-corrected chi connectivity index (χ0v) is 49.5. The third-order valence-corrected chi connectivity index (χ3v) is 11.8. The van der Waals surface area contributed by atoms with Crippen molar-refractivity contribution in [3.05, 3.63) is 131 Å². The molecule has 4 aromatic rings. The summed E-state index contributed by atoms with van der Waals surface area (Å²) in [4.78, 5) is 98.4. The van der Waals surface area contributed by atoms with E-state index in [2.05, 4.69) is 26.6 Å². The molecule has 2 fully saturated rings. The van der Waals surface area contributed by atoms with Crippen LogP contribution in [0.2, 0.25) is 0 Å². The van der Waals surface area contributed by atoms with Crippen LogP contribution in [0.1, 0.15) is 101 Å². The molecule has 452 valence electrons. The van der Waals surface area contributed by atoms with Crippen LogP contribution in [0, 0.1) is 0 Å². The van der Waals surface area contributed by atoms with Gasteiger partial charge in [-0.15, -0.1) is 0 Å². The van der Waals surface area contributed by atoms with E-state index in [0.29, 0.717) is 112 Å². The van der Waals surface area contributed by atoms with Gasteiger partial charge in [-0.05, 0) is 101 Å². The van der Waals surface area contributed by atoms with Gasteiger partial charge in [-0.2, -0.15) is 9.80 Å². The van der Waals surface area contributed by atoms with Gasteiger partial charge in [-0.1, -0.05) is 101 Å². The van der Waals surface area contributed by atoms with E-state index in [9.17, 15) is 43.5 Å². The topological polar surface area (TPSA) is 270 Å². The third kappa shape index (κ3) is 26.6. The number of alkyl carbamates (subject to hydrolysis) is 2. The van der Waals surface area contributed by atoms with Crippen molar-refractivity contribution in [2.75, 3.05) is 77.9 Å². The average Bonchev–Trinajstić information content (AvgIpc) is 3.57. The molecule has 23 heteroatoms. The van der Waals surface area contributed by atoms with E-state index in [4.69, 9.17) is 42.6 Å². The Balaban J connectivity index is 0.000000296. The van der Waals surface area contributed by atoms with Crippen LogP contribution in [0.15, 0.2) is 109 Å².